The summed E-state index contributed by atoms with van der Waals surface area (Å²) >= 11 is 0. The van der Waals surface area contributed by atoms with E-state index >= 15 is 0 Å². The lowest BCUT2D eigenvalue weighted by Crippen LogP contribution is -2.65. The number of nitrogens with one attached hydrogen (secondary N) is 2. The summed E-state index contributed by atoms with van der Waals surface area (Å²) in [7, 11) is -105. The molecule has 2 saturated heterocycles. The van der Waals surface area contributed by atoms with E-state index in [2.05, 4.69) is 66.9 Å². The van der Waals surface area contributed by atoms with Crippen molar-refractivity contribution in [2.75, 3.05) is 39.5 Å². The number of carbonyl (C=O) groups is 2. The highest BCUT2D eigenvalue weighted by Gasteiger charge is 2.60. The average Bonchev–Trinajstić information content (AvgIpc) is 0.766. The molecule has 0 saturated carbocycles. The molecule has 0 bridgehead atoms. The van der Waals surface area contributed by atoms with Gasteiger partial charge in [-0.3, -0.25) is 82.4 Å². The quantitative estimate of drug-likeness (QED) is 0.0199. The van der Waals surface area contributed by atoms with E-state index in [0.717, 1.165) is 0 Å². The third kappa shape index (κ3) is 46.0. The van der Waals surface area contributed by atoms with Gasteiger partial charge in [-0.1, -0.05) is 0 Å². The molecule has 18 atom stereocenters. The Morgan fingerprint density at radius 1 is 0.270 bits per heavy atom. The first-order valence-electron chi connectivity index (χ1n) is 26.3. The normalized spacial score (nSPS) is 24.3. The zero-order chi connectivity index (χ0) is 90.1. The molecule has 2 fully saturated rings. The summed E-state index contributed by atoms with van der Waals surface area (Å²) in [6.45, 7) is -13.5. The van der Waals surface area contributed by atoms with Gasteiger partial charge in [0.05, 0.1) is 26.4 Å². The monoisotopic (exact) mass is 2030 g/mol. The first-order chi connectivity index (χ1) is 50.8. The summed E-state index contributed by atoms with van der Waals surface area (Å²) in [4.78, 5) is 28.4. The number of rotatable bonds is 52. The van der Waals surface area contributed by atoms with E-state index in [-0.39, 0.29) is 0 Å². The van der Waals surface area contributed by atoms with Crippen molar-refractivity contribution in [1.29, 1.82) is 0 Å². The molecule has 2 aliphatic heterocycles. The summed E-state index contributed by atoms with van der Waals surface area (Å²) in [5, 5.41) is 2.57. The second kappa shape index (κ2) is 40.4. The maximum Gasteiger partial charge on any atom is 0.398 e. The van der Waals surface area contributed by atoms with E-state index in [0.29, 0.717) is 0 Å². The van der Waals surface area contributed by atoms with Gasteiger partial charge in [-0.05, 0) is 6.42 Å². The molecule has 8 unspecified atom stereocenters. The second-order valence-corrected chi connectivity index (χ2v) is 36.9. The van der Waals surface area contributed by atoms with Crippen molar-refractivity contribution >= 4 is 178 Å². The molecule has 684 valence electrons. The second-order valence-electron chi connectivity index (χ2n) is 20.0. The van der Waals surface area contributed by atoms with E-state index in [4.69, 9.17) is 18.9 Å². The molecular weight excluding hydrogens is 1990 g/mol. The van der Waals surface area contributed by atoms with Gasteiger partial charge in [0.25, 0.3) is 11.8 Å². The third-order valence-corrected chi connectivity index (χ3v) is 18.9. The van der Waals surface area contributed by atoms with Crippen LogP contribution in [0.15, 0.2) is 0 Å². The molecule has 115 heavy (non-hydrogen) atoms. The van der Waals surface area contributed by atoms with Crippen molar-refractivity contribution < 1.29 is 303 Å². The Morgan fingerprint density at radius 3 is 0.713 bits per heavy atom. The van der Waals surface area contributed by atoms with Gasteiger partial charge >= 0.3 is 166 Å². The molecule has 2 heterocycles. The Morgan fingerprint density at radius 2 is 0.496 bits per heavy atom. The predicted octanol–water partition coefficient (Wildman–Crippen LogP) is -14.6. The highest BCUT2D eigenvalue weighted by molar-refractivity contribution is 7.84. The third-order valence-electron chi connectivity index (χ3n) is 11.5. The Kier molecular flexibility index (Phi) is 37.8. The van der Waals surface area contributed by atoms with Crippen LogP contribution in [0, 0.1) is 0 Å². The fraction of sp³-hybridized carbons (Fsp3) is 0.926. The maximum absolute atomic E-state index is 14.2. The lowest BCUT2D eigenvalue weighted by atomic mass is 9.98. The number of amides is 2. The predicted molar refractivity (Wildman–Crippen MR) is 325 cm³/mol. The van der Waals surface area contributed by atoms with Gasteiger partial charge in [0.1, 0.15) is 73.2 Å². The molecule has 0 aromatic carbocycles. The van der Waals surface area contributed by atoms with Gasteiger partial charge in [-0.25, -0.2) is 66.9 Å². The minimum absolute atomic E-state index is 1.29. The minimum atomic E-state index is -6.97. The Bertz CT molecular complexity index is 5030. The molecule has 0 aliphatic carbocycles. The van der Waals surface area contributed by atoms with Gasteiger partial charge in [-0.15, -0.1) is 0 Å². The molecule has 2 aliphatic rings. The zero-order valence-corrected chi connectivity index (χ0v) is 66.1. The number of ether oxygens (including phenoxy) is 4. The summed E-state index contributed by atoms with van der Waals surface area (Å²) in [5.41, 5.74) is 0. The summed E-state index contributed by atoms with van der Waals surface area (Å²) in [6, 6.07) is 0. The van der Waals surface area contributed by atoms with Crippen molar-refractivity contribution in [3.05, 3.63) is 0 Å². The summed E-state index contributed by atoms with van der Waals surface area (Å²) in [5.74, 6) is -5.56. The van der Waals surface area contributed by atoms with Crippen LogP contribution in [0.25, 0.3) is 0 Å². The highest BCUT2D eigenvalue weighted by Crippen LogP contribution is 2.38. The van der Waals surface area contributed by atoms with Gasteiger partial charge in [0.15, 0.2) is 37.0 Å². The van der Waals surface area contributed by atoms with Gasteiger partial charge in [0.2, 0.25) is 0 Å². The summed E-state index contributed by atoms with van der Waals surface area (Å²) in [6.07, 6.45) is -72.6. The SMILES string of the molecule is O=C(NCCCNC(=O)C(OS(=O)(=O)O)C(OS(=O)(=O)O)C(O[C@@H]1O[C@H](COS(=O)(=O)O)[C@H](OS(=O)(=O)O)[C@H](OS(=O)(=O)O)[C@H]1OS(=O)(=O)O)C(COS(=O)(=O)O)OS(=O)(=O)O)C(OS(=O)(=O)O)C(OS(=O)(=O)O)C(O[C@@H]1O[C@H](COS(=O)(=O)O)[C@H](OS(=O)(=O)O)[C@H](OS(=O)(=O)O)[C@H]1OS(=O)(=O)O)C(COS(=O)(=O)O)OS(=O)(=O)O. The summed E-state index contributed by atoms with van der Waals surface area (Å²) < 4.78 is 628. The van der Waals surface area contributed by atoms with Crippen LogP contribution in [0.4, 0.5) is 0 Å². The minimum Gasteiger partial charge on any atom is -0.354 e. The number of hydrogen-bond donors (Lipinski definition) is 18. The first-order valence-corrected chi connectivity index (χ1v) is 48.1. The van der Waals surface area contributed by atoms with E-state index in [1.165, 1.54) is 10.6 Å². The van der Waals surface area contributed by atoms with E-state index in [9.17, 15) is 217 Å². The van der Waals surface area contributed by atoms with Crippen molar-refractivity contribution in [3.63, 3.8) is 0 Å². The molecule has 0 spiro atoms. The van der Waals surface area contributed by atoms with E-state index in [1.807, 2.05) is 0 Å². The molecular formula is C27H50N2O70S16. The molecule has 72 nitrogen and oxygen atoms in total. The van der Waals surface area contributed by atoms with Gasteiger partial charge < -0.3 is 29.6 Å². The highest BCUT2D eigenvalue weighted by atomic mass is 32.3. The molecule has 0 aromatic heterocycles. The smallest absolute Gasteiger partial charge is 0.354 e. The van der Waals surface area contributed by atoms with Gasteiger partial charge in [0, 0.05) is 13.1 Å². The topological polar surface area (TPSA) is 1110 Å². The van der Waals surface area contributed by atoms with Crippen molar-refractivity contribution in [3.8, 4) is 0 Å². The Hall–Kier alpha value is -3.30. The number of hydrogen-bond acceptors (Lipinski definition) is 54. The van der Waals surface area contributed by atoms with Crippen LogP contribution in [0.1, 0.15) is 6.42 Å². The fourth-order valence-corrected chi connectivity index (χ4v) is 15.5. The maximum atomic E-state index is 14.2. The lowest BCUT2D eigenvalue weighted by molar-refractivity contribution is -0.312. The van der Waals surface area contributed by atoms with Crippen molar-refractivity contribution in [2.45, 2.75) is 117 Å². The van der Waals surface area contributed by atoms with Crippen molar-refractivity contribution in [2.24, 2.45) is 0 Å². The molecule has 2 rings (SSSR count). The van der Waals surface area contributed by atoms with E-state index < -0.39 is 334 Å². The molecule has 18 N–H and O–H groups in total. The van der Waals surface area contributed by atoms with Crippen LogP contribution < -0.4 is 10.6 Å². The van der Waals surface area contributed by atoms with Crippen LogP contribution in [0.2, 0.25) is 0 Å². The van der Waals surface area contributed by atoms with Crippen LogP contribution in [-0.4, -0.2) is 369 Å². The zero-order valence-electron chi connectivity index (χ0n) is 53.1. The van der Waals surface area contributed by atoms with Crippen LogP contribution in [-0.2, 0) is 262 Å². The fourth-order valence-electron chi connectivity index (χ4n) is 8.39. The average molecular weight is 2040 g/mol. The molecule has 88 heteroatoms. The molecule has 0 aromatic rings. The Balaban J connectivity index is 3.25. The van der Waals surface area contributed by atoms with Crippen LogP contribution in [0.3, 0.4) is 0 Å². The molecule has 2 amide bonds. The standard InChI is InChI=1S/C27H50N2O70S16/c30-24(20(96-112(68,69)70)16(92-108(56,57)58)12(10(88-104(44,45)46)6-82-102(38,39)40)86-26-22(98-114(74,75)76)18(94-110(62,63)64)14(90-106(50,51)52)8(84-26)4-80-100(32,33)34)28-2-1-3-29-25(31)21(97-113(71,72)73)17(93-109(59,60)61)13(11(89-105(47,48)49)7-83-103(41,42)43)87-27-23(99-115(77,78)79)19(95-111(65,66)67)15(91-107(53,54)55)9(85-27)5-81-101(35,36)37/h8-23,26-27H,1-7H2,(H,28,30)(H,29,31)(H,32,33,34)(H,35,36,37)(H,38,39,40)(H,41,42,43)(H,44,45,46)(H,47,48,49)(H,50,51,52)(H,53,54,55)(H,56,57,58)(H,59,60,61)(H,62,63,64)(H,65,66,67)(H,68,69,70)(H,71,72,73)(H,74,75,76)(H,77,78,79)/t8-,9-,10?,11?,12?,13?,14+,15+,16?,17?,18+,19+,20?,21?,22-,23-,26+,27+/m1/s1. The van der Waals surface area contributed by atoms with Crippen LogP contribution >= 0.6 is 0 Å². The van der Waals surface area contributed by atoms with Crippen molar-refractivity contribution in [1.82, 2.24) is 10.6 Å². The Labute approximate surface area is 643 Å². The number of carbonyl (C=O) groups excluding carboxylic acids is 2. The first kappa shape index (κ1) is 108. The van der Waals surface area contributed by atoms with Gasteiger partial charge in [-0.2, -0.15) is 135 Å². The molecule has 0 radical (unpaired) electrons. The van der Waals surface area contributed by atoms with E-state index in [1.54, 1.807) is 0 Å². The van der Waals surface area contributed by atoms with Crippen LogP contribution in [0.5, 0.6) is 0 Å². The largest absolute Gasteiger partial charge is 0.398 e. The lowest BCUT2D eigenvalue weighted by Gasteiger charge is -2.45.